The Morgan fingerprint density at radius 1 is 1.12 bits per heavy atom. The van der Waals surface area contributed by atoms with Gasteiger partial charge in [0.25, 0.3) is 5.56 Å². The van der Waals surface area contributed by atoms with Crippen LogP contribution in [0.25, 0.3) is 10.9 Å². The van der Waals surface area contributed by atoms with Gasteiger partial charge in [-0.3, -0.25) is 4.79 Å². The van der Waals surface area contributed by atoms with Crippen molar-refractivity contribution < 1.29 is 22.6 Å². The summed E-state index contributed by atoms with van der Waals surface area (Å²) in [6.07, 6.45) is -4.45. The summed E-state index contributed by atoms with van der Waals surface area (Å²) < 4.78 is 48.5. The van der Waals surface area contributed by atoms with Crippen LogP contribution in [-0.4, -0.2) is 17.1 Å². The molecule has 0 radical (unpaired) electrons. The molecule has 1 N–H and O–H groups in total. The van der Waals surface area contributed by atoms with Crippen LogP contribution in [0.1, 0.15) is 11.4 Å². The van der Waals surface area contributed by atoms with Crippen molar-refractivity contribution in [2.75, 3.05) is 7.11 Å². The molecule has 0 unspecified atom stereocenters. The Morgan fingerprint density at radius 2 is 1.92 bits per heavy atom. The Kier molecular flexibility index (Phi) is 4.35. The molecule has 130 valence electrons. The van der Waals surface area contributed by atoms with Gasteiger partial charge in [0.2, 0.25) is 0 Å². The molecule has 0 fully saturated rings. The molecule has 0 aliphatic heterocycles. The van der Waals surface area contributed by atoms with Crippen molar-refractivity contribution in [3.8, 4) is 11.5 Å². The number of rotatable bonds is 4. The van der Waals surface area contributed by atoms with Gasteiger partial charge in [-0.25, -0.2) is 4.98 Å². The second kappa shape index (κ2) is 6.46. The number of aromatic nitrogens is 2. The lowest BCUT2D eigenvalue weighted by Crippen LogP contribution is -2.14. The van der Waals surface area contributed by atoms with E-state index in [2.05, 4.69) is 9.97 Å². The van der Waals surface area contributed by atoms with E-state index in [-0.39, 0.29) is 23.7 Å². The Labute approximate surface area is 140 Å². The van der Waals surface area contributed by atoms with Crippen molar-refractivity contribution in [1.29, 1.82) is 0 Å². The van der Waals surface area contributed by atoms with E-state index in [0.717, 1.165) is 12.1 Å². The van der Waals surface area contributed by atoms with E-state index < -0.39 is 11.7 Å². The van der Waals surface area contributed by atoms with E-state index in [9.17, 15) is 18.0 Å². The highest BCUT2D eigenvalue weighted by Gasteiger charge is 2.30. The number of aromatic amines is 1. The third-order valence-corrected chi connectivity index (χ3v) is 3.50. The van der Waals surface area contributed by atoms with Crippen molar-refractivity contribution in [3.05, 3.63) is 64.2 Å². The number of nitrogens with zero attached hydrogens (tertiary/aromatic N) is 1. The van der Waals surface area contributed by atoms with Crippen molar-refractivity contribution in [3.63, 3.8) is 0 Å². The first-order valence-electron chi connectivity index (χ1n) is 7.24. The van der Waals surface area contributed by atoms with Crippen LogP contribution >= 0.6 is 0 Å². The zero-order valence-corrected chi connectivity index (χ0v) is 13.1. The Morgan fingerprint density at radius 3 is 2.64 bits per heavy atom. The molecule has 0 atom stereocenters. The average molecular weight is 350 g/mol. The first-order chi connectivity index (χ1) is 11.9. The molecule has 1 aromatic heterocycles. The van der Waals surface area contributed by atoms with E-state index in [0.29, 0.717) is 16.7 Å². The molecule has 3 aromatic rings. The number of benzene rings is 2. The number of ether oxygens (including phenoxy) is 2. The number of H-pyrrole nitrogens is 1. The summed E-state index contributed by atoms with van der Waals surface area (Å²) in [6, 6.07) is 9.34. The summed E-state index contributed by atoms with van der Waals surface area (Å²) in [5, 5.41) is 0.349. The van der Waals surface area contributed by atoms with E-state index in [4.69, 9.17) is 9.47 Å². The molecular weight excluding hydrogens is 337 g/mol. The number of hydrogen-bond acceptors (Lipinski definition) is 4. The topological polar surface area (TPSA) is 64.2 Å². The molecular formula is C17H13F3N2O3. The number of hydrogen-bond donors (Lipinski definition) is 1. The molecule has 3 rings (SSSR count). The molecule has 2 aromatic carbocycles. The summed E-state index contributed by atoms with van der Waals surface area (Å²) in [5.74, 6) is 0.764. The van der Waals surface area contributed by atoms with Gasteiger partial charge >= 0.3 is 6.18 Å². The SMILES string of the molecule is COc1ccc2nc(COc3cccc(C(F)(F)F)c3)[nH]c(=O)c2c1. The highest BCUT2D eigenvalue weighted by Crippen LogP contribution is 2.31. The van der Waals surface area contributed by atoms with Crippen LogP contribution in [0, 0.1) is 0 Å². The van der Waals surface area contributed by atoms with Gasteiger partial charge in [-0.1, -0.05) is 6.07 Å². The molecule has 0 aliphatic carbocycles. The van der Waals surface area contributed by atoms with Gasteiger partial charge in [-0.05, 0) is 36.4 Å². The van der Waals surface area contributed by atoms with Gasteiger partial charge in [0.05, 0.1) is 23.6 Å². The maximum atomic E-state index is 12.7. The maximum absolute atomic E-state index is 12.7. The van der Waals surface area contributed by atoms with Crippen molar-refractivity contribution >= 4 is 10.9 Å². The molecule has 25 heavy (non-hydrogen) atoms. The van der Waals surface area contributed by atoms with E-state index in [1.165, 1.54) is 19.2 Å². The van der Waals surface area contributed by atoms with Gasteiger partial charge in [0.1, 0.15) is 23.9 Å². The largest absolute Gasteiger partial charge is 0.497 e. The predicted molar refractivity (Wildman–Crippen MR) is 84.7 cm³/mol. The second-order valence-corrected chi connectivity index (χ2v) is 5.21. The first kappa shape index (κ1) is 16.8. The number of halogens is 3. The fraction of sp³-hybridized carbons (Fsp3) is 0.176. The highest BCUT2D eigenvalue weighted by atomic mass is 19.4. The van der Waals surface area contributed by atoms with Crippen LogP contribution in [-0.2, 0) is 12.8 Å². The molecule has 5 nitrogen and oxygen atoms in total. The summed E-state index contributed by atoms with van der Waals surface area (Å²) in [5.41, 5.74) is -0.754. The van der Waals surface area contributed by atoms with Gasteiger partial charge < -0.3 is 14.5 Å². The maximum Gasteiger partial charge on any atom is 0.416 e. The van der Waals surface area contributed by atoms with E-state index in [1.807, 2.05) is 0 Å². The predicted octanol–water partition coefficient (Wildman–Crippen LogP) is 3.53. The standard InChI is InChI=1S/C17H13F3N2O3/c1-24-11-5-6-14-13(8-11)16(23)22-15(21-14)9-25-12-4-2-3-10(7-12)17(18,19)20/h2-8H,9H2,1H3,(H,21,22,23). The van der Waals surface area contributed by atoms with Gasteiger partial charge in [-0.15, -0.1) is 0 Å². The number of nitrogens with one attached hydrogen (secondary N) is 1. The molecule has 0 saturated heterocycles. The van der Waals surface area contributed by atoms with Gasteiger partial charge in [0.15, 0.2) is 0 Å². The Balaban J connectivity index is 1.83. The highest BCUT2D eigenvalue weighted by molar-refractivity contribution is 5.79. The lowest BCUT2D eigenvalue weighted by molar-refractivity contribution is -0.137. The molecule has 1 heterocycles. The van der Waals surface area contributed by atoms with E-state index in [1.54, 1.807) is 18.2 Å². The second-order valence-electron chi connectivity index (χ2n) is 5.21. The first-order valence-corrected chi connectivity index (χ1v) is 7.24. The number of methoxy groups -OCH3 is 1. The zero-order valence-electron chi connectivity index (χ0n) is 13.1. The van der Waals surface area contributed by atoms with Gasteiger partial charge in [-0.2, -0.15) is 13.2 Å². The van der Waals surface area contributed by atoms with Gasteiger partial charge in [0, 0.05) is 0 Å². The lowest BCUT2D eigenvalue weighted by Gasteiger charge is -2.10. The van der Waals surface area contributed by atoms with Crippen molar-refractivity contribution in [1.82, 2.24) is 9.97 Å². The van der Waals surface area contributed by atoms with Crippen LogP contribution in [0.2, 0.25) is 0 Å². The fourth-order valence-corrected chi connectivity index (χ4v) is 2.28. The lowest BCUT2D eigenvalue weighted by atomic mass is 10.2. The van der Waals surface area contributed by atoms with Crippen LogP contribution in [0.3, 0.4) is 0 Å². The monoisotopic (exact) mass is 350 g/mol. The summed E-state index contributed by atoms with van der Waals surface area (Å²) in [7, 11) is 1.49. The van der Waals surface area contributed by atoms with Crippen molar-refractivity contribution in [2.24, 2.45) is 0 Å². The third-order valence-electron chi connectivity index (χ3n) is 3.50. The summed E-state index contributed by atoms with van der Waals surface area (Å²) >= 11 is 0. The third kappa shape index (κ3) is 3.73. The summed E-state index contributed by atoms with van der Waals surface area (Å²) in [4.78, 5) is 18.9. The molecule has 0 aliphatic rings. The van der Waals surface area contributed by atoms with Crippen LogP contribution in [0.15, 0.2) is 47.3 Å². The molecule has 8 heteroatoms. The Hall–Kier alpha value is -3.03. The minimum absolute atomic E-state index is 0.0345. The summed E-state index contributed by atoms with van der Waals surface area (Å²) in [6.45, 7) is -0.168. The normalized spacial score (nSPS) is 11.5. The average Bonchev–Trinajstić information content (AvgIpc) is 2.59. The zero-order chi connectivity index (χ0) is 18.0. The minimum Gasteiger partial charge on any atom is -0.497 e. The Bertz CT molecular complexity index is 967. The quantitative estimate of drug-likeness (QED) is 0.782. The molecule has 0 spiro atoms. The van der Waals surface area contributed by atoms with Crippen molar-refractivity contribution in [2.45, 2.75) is 12.8 Å². The van der Waals surface area contributed by atoms with Crippen LogP contribution < -0.4 is 15.0 Å². The molecule has 0 saturated carbocycles. The molecule has 0 bridgehead atoms. The van der Waals surface area contributed by atoms with Crippen LogP contribution in [0.5, 0.6) is 11.5 Å². The number of fused-ring (bicyclic) bond motifs is 1. The smallest absolute Gasteiger partial charge is 0.416 e. The number of alkyl halides is 3. The van der Waals surface area contributed by atoms with E-state index >= 15 is 0 Å². The minimum atomic E-state index is -4.45. The van der Waals surface area contributed by atoms with Crippen LogP contribution in [0.4, 0.5) is 13.2 Å². The molecule has 0 amide bonds. The fourth-order valence-electron chi connectivity index (χ4n) is 2.28.